The van der Waals surface area contributed by atoms with Crippen molar-refractivity contribution in [3.8, 4) is 0 Å². The molecule has 1 fully saturated rings. The molecule has 1 atom stereocenters. The number of hydrogen-bond acceptors (Lipinski definition) is 5. The number of carbonyl (C=O) groups excluding carboxylic acids is 2. The molecule has 0 radical (unpaired) electrons. The molecule has 1 saturated carbocycles. The second-order valence-electron chi connectivity index (χ2n) is 8.35. The Labute approximate surface area is 181 Å². The second-order valence-corrected chi connectivity index (χ2v) is 8.35. The quantitative estimate of drug-likeness (QED) is 0.597. The molecule has 2 amide bonds. The molecular weight excluding hydrogens is 398 g/mol. The molecule has 2 heterocycles. The average molecular weight is 430 g/mol. The van der Waals surface area contributed by atoms with Gasteiger partial charge in [-0.05, 0) is 38.3 Å². The normalized spacial score (nSPS) is 16.5. The minimum absolute atomic E-state index is 0.00805. The summed E-state index contributed by atoms with van der Waals surface area (Å²) in [7, 11) is 0. The van der Waals surface area contributed by atoms with E-state index in [1.54, 1.807) is 16.7 Å². The van der Waals surface area contributed by atoms with E-state index in [2.05, 4.69) is 10.6 Å². The highest BCUT2D eigenvalue weighted by molar-refractivity contribution is 5.99. The number of aromatic nitrogens is 1. The van der Waals surface area contributed by atoms with E-state index < -0.39 is 22.8 Å². The van der Waals surface area contributed by atoms with Gasteiger partial charge in [-0.15, -0.1) is 0 Å². The first-order valence-electron chi connectivity index (χ1n) is 10.9. The number of amides is 2. The van der Waals surface area contributed by atoms with E-state index in [0.29, 0.717) is 18.6 Å². The standard InChI is InChI=1S/C23H31N3O5/c1-3-16(2)26-13-18(21(28)24-12-17-8-7-11-31-17)20(27)19(14-26)22(29)25-15-23(30)9-5-4-6-10-23/h7-8,11,13-14,16,30H,3-6,9-10,12,15H2,1-2H3,(H,24,28)(H,25,29)/t16-/m0/s1. The SMILES string of the molecule is CC[C@H](C)n1cc(C(=O)NCc2ccco2)c(=O)c(C(=O)NCC2(O)CCCCC2)c1. The maximum absolute atomic E-state index is 13.0. The summed E-state index contributed by atoms with van der Waals surface area (Å²) < 4.78 is 6.92. The zero-order valence-corrected chi connectivity index (χ0v) is 18.1. The number of furan rings is 1. The van der Waals surface area contributed by atoms with Crippen LogP contribution in [0, 0.1) is 0 Å². The van der Waals surface area contributed by atoms with Gasteiger partial charge in [0.1, 0.15) is 16.9 Å². The van der Waals surface area contributed by atoms with Crippen molar-refractivity contribution in [2.45, 2.75) is 70.6 Å². The van der Waals surface area contributed by atoms with Crippen LogP contribution in [0.1, 0.15) is 84.9 Å². The zero-order chi connectivity index (χ0) is 22.4. The van der Waals surface area contributed by atoms with Crippen molar-refractivity contribution in [3.63, 3.8) is 0 Å². The van der Waals surface area contributed by atoms with Gasteiger partial charge in [-0.3, -0.25) is 14.4 Å². The van der Waals surface area contributed by atoms with Crippen molar-refractivity contribution in [1.29, 1.82) is 0 Å². The molecule has 2 aromatic heterocycles. The van der Waals surface area contributed by atoms with E-state index in [4.69, 9.17) is 4.42 Å². The molecule has 8 nitrogen and oxygen atoms in total. The molecule has 31 heavy (non-hydrogen) atoms. The minimum atomic E-state index is -0.943. The Bertz CT molecular complexity index is 958. The summed E-state index contributed by atoms with van der Waals surface area (Å²) in [5.74, 6) is -0.592. The Morgan fingerprint density at radius 3 is 2.39 bits per heavy atom. The number of nitrogens with one attached hydrogen (secondary N) is 2. The van der Waals surface area contributed by atoms with Gasteiger partial charge in [0.15, 0.2) is 0 Å². The van der Waals surface area contributed by atoms with Crippen molar-refractivity contribution in [1.82, 2.24) is 15.2 Å². The lowest BCUT2D eigenvalue weighted by atomic mass is 9.85. The Hall–Kier alpha value is -2.87. The van der Waals surface area contributed by atoms with Crippen LogP contribution in [0.25, 0.3) is 0 Å². The molecule has 0 aliphatic heterocycles. The maximum atomic E-state index is 13.0. The number of aliphatic hydroxyl groups is 1. The van der Waals surface area contributed by atoms with E-state index in [1.807, 2.05) is 13.8 Å². The molecule has 3 rings (SSSR count). The minimum Gasteiger partial charge on any atom is -0.467 e. The van der Waals surface area contributed by atoms with Crippen LogP contribution in [0.5, 0.6) is 0 Å². The lowest BCUT2D eigenvalue weighted by Crippen LogP contribution is -2.45. The van der Waals surface area contributed by atoms with Gasteiger partial charge in [-0.2, -0.15) is 0 Å². The fourth-order valence-corrected chi connectivity index (χ4v) is 3.79. The van der Waals surface area contributed by atoms with Crippen LogP contribution in [0.4, 0.5) is 0 Å². The molecule has 1 aliphatic carbocycles. The monoisotopic (exact) mass is 429 g/mol. The van der Waals surface area contributed by atoms with E-state index in [1.165, 1.54) is 18.7 Å². The summed E-state index contributed by atoms with van der Waals surface area (Å²) >= 11 is 0. The topological polar surface area (TPSA) is 114 Å². The van der Waals surface area contributed by atoms with Crippen LogP contribution >= 0.6 is 0 Å². The fourth-order valence-electron chi connectivity index (χ4n) is 3.79. The van der Waals surface area contributed by atoms with Crippen LogP contribution in [-0.2, 0) is 6.54 Å². The van der Waals surface area contributed by atoms with Gasteiger partial charge in [-0.25, -0.2) is 0 Å². The molecule has 0 bridgehead atoms. The van der Waals surface area contributed by atoms with Crippen molar-refractivity contribution < 1.29 is 19.1 Å². The summed E-state index contributed by atoms with van der Waals surface area (Å²) in [5.41, 5.74) is -1.78. The molecule has 0 aromatic carbocycles. The second kappa shape index (κ2) is 9.96. The summed E-state index contributed by atoms with van der Waals surface area (Å²) in [6, 6.07) is 3.42. The van der Waals surface area contributed by atoms with Crippen molar-refractivity contribution >= 4 is 11.8 Å². The Morgan fingerprint density at radius 1 is 1.16 bits per heavy atom. The number of pyridine rings is 1. The van der Waals surface area contributed by atoms with Crippen LogP contribution < -0.4 is 16.1 Å². The lowest BCUT2D eigenvalue weighted by Gasteiger charge is -2.32. The molecule has 8 heteroatoms. The lowest BCUT2D eigenvalue weighted by molar-refractivity contribution is 0.00523. The first-order valence-corrected chi connectivity index (χ1v) is 10.9. The van der Waals surface area contributed by atoms with Gasteiger partial charge in [0.05, 0.1) is 18.4 Å². The molecule has 0 spiro atoms. The summed E-state index contributed by atoms with van der Waals surface area (Å²) in [4.78, 5) is 38.6. The van der Waals surface area contributed by atoms with Gasteiger partial charge in [0.25, 0.3) is 11.8 Å². The fraction of sp³-hybridized carbons (Fsp3) is 0.522. The van der Waals surface area contributed by atoms with E-state index >= 15 is 0 Å². The van der Waals surface area contributed by atoms with Crippen LogP contribution in [0.15, 0.2) is 40.0 Å². The average Bonchev–Trinajstić information content (AvgIpc) is 3.29. The highest BCUT2D eigenvalue weighted by Crippen LogP contribution is 2.27. The van der Waals surface area contributed by atoms with Crippen LogP contribution in [0.2, 0.25) is 0 Å². The van der Waals surface area contributed by atoms with Crippen molar-refractivity contribution in [2.75, 3.05) is 6.54 Å². The zero-order valence-electron chi connectivity index (χ0n) is 18.1. The van der Waals surface area contributed by atoms with Gasteiger partial charge in [-0.1, -0.05) is 26.2 Å². The predicted molar refractivity (Wildman–Crippen MR) is 116 cm³/mol. The summed E-state index contributed by atoms with van der Waals surface area (Å²) in [6.07, 6.45) is 9.39. The van der Waals surface area contributed by atoms with Crippen LogP contribution in [0.3, 0.4) is 0 Å². The van der Waals surface area contributed by atoms with Gasteiger partial charge >= 0.3 is 0 Å². The third-order valence-electron chi connectivity index (χ3n) is 6.00. The predicted octanol–water partition coefficient (Wildman–Crippen LogP) is 2.77. The largest absolute Gasteiger partial charge is 0.467 e. The summed E-state index contributed by atoms with van der Waals surface area (Å²) in [5, 5.41) is 16.0. The Kier molecular flexibility index (Phi) is 7.33. The smallest absolute Gasteiger partial charge is 0.257 e. The number of rotatable bonds is 8. The van der Waals surface area contributed by atoms with E-state index in [9.17, 15) is 19.5 Å². The van der Waals surface area contributed by atoms with Crippen molar-refractivity contribution in [2.24, 2.45) is 0 Å². The molecular formula is C23H31N3O5. The first-order chi connectivity index (χ1) is 14.8. The van der Waals surface area contributed by atoms with Crippen LogP contribution in [-0.4, -0.2) is 33.6 Å². The van der Waals surface area contributed by atoms with Gasteiger partial charge in [0.2, 0.25) is 5.43 Å². The van der Waals surface area contributed by atoms with Crippen molar-refractivity contribution in [3.05, 3.63) is 57.9 Å². The highest BCUT2D eigenvalue weighted by Gasteiger charge is 2.30. The van der Waals surface area contributed by atoms with E-state index in [-0.39, 0.29) is 30.3 Å². The molecule has 168 valence electrons. The Morgan fingerprint density at radius 2 is 1.81 bits per heavy atom. The first kappa shape index (κ1) is 22.8. The molecule has 0 unspecified atom stereocenters. The highest BCUT2D eigenvalue weighted by atomic mass is 16.3. The van der Waals surface area contributed by atoms with Gasteiger partial charge < -0.3 is 24.7 Å². The summed E-state index contributed by atoms with van der Waals surface area (Å²) in [6.45, 7) is 4.15. The third-order valence-corrected chi connectivity index (χ3v) is 6.00. The third kappa shape index (κ3) is 5.64. The Balaban J connectivity index is 1.82. The van der Waals surface area contributed by atoms with E-state index in [0.717, 1.165) is 25.7 Å². The molecule has 1 aliphatic rings. The number of hydrogen-bond donors (Lipinski definition) is 3. The molecule has 3 N–H and O–H groups in total. The number of carbonyl (C=O) groups is 2. The number of nitrogens with zero attached hydrogens (tertiary/aromatic N) is 1. The molecule has 0 saturated heterocycles. The maximum Gasteiger partial charge on any atom is 0.257 e. The molecule has 2 aromatic rings. The van der Waals surface area contributed by atoms with Gasteiger partial charge in [0, 0.05) is 25.0 Å².